The quantitative estimate of drug-likeness (QED) is 0.235. The van der Waals surface area contributed by atoms with E-state index in [0.717, 1.165) is 16.5 Å². The molecule has 6 heterocycles. The average molecular weight is 631 g/mol. The molecule has 0 atom stereocenters. The molecule has 0 fully saturated rings. The smallest absolute Gasteiger partial charge is 0.341 e. The van der Waals surface area contributed by atoms with Crippen molar-refractivity contribution in [3.63, 3.8) is 0 Å². The van der Waals surface area contributed by atoms with E-state index in [9.17, 15) is 24.3 Å². The maximum absolute atomic E-state index is 12.4. The van der Waals surface area contributed by atoms with Gasteiger partial charge in [-0.05, 0) is 47.5 Å². The Labute approximate surface area is 266 Å². The van der Waals surface area contributed by atoms with Gasteiger partial charge < -0.3 is 28.5 Å². The minimum Gasteiger partial charge on any atom is -0.478 e. The van der Waals surface area contributed by atoms with Gasteiger partial charge in [-0.25, -0.2) is 9.59 Å². The number of para-hydroxylation sites is 2. The normalized spacial score (nSPS) is 13.5. The van der Waals surface area contributed by atoms with Gasteiger partial charge in [0.15, 0.2) is 0 Å². The van der Waals surface area contributed by atoms with Crippen molar-refractivity contribution in [2.24, 2.45) is 0 Å². The van der Waals surface area contributed by atoms with Crippen LogP contribution in [0.3, 0.4) is 0 Å². The summed E-state index contributed by atoms with van der Waals surface area (Å²) in [5, 5.41) is 10.7. The first-order chi connectivity index (χ1) is 22.8. The van der Waals surface area contributed by atoms with Gasteiger partial charge in [-0.3, -0.25) is 19.6 Å². The van der Waals surface area contributed by atoms with E-state index < -0.39 is 11.9 Å². The van der Waals surface area contributed by atoms with Crippen molar-refractivity contribution < 1.29 is 37.9 Å². The Morgan fingerprint density at radius 1 is 0.766 bits per heavy atom. The molecule has 0 unspecified atom stereocenters. The van der Waals surface area contributed by atoms with Crippen molar-refractivity contribution >= 4 is 45.7 Å². The Bertz CT molecular complexity index is 2220. The van der Waals surface area contributed by atoms with Gasteiger partial charge in [-0.2, -0.15) is 0 Å². The number of hydrogen-bond donors (Lipinski definition) is 1. The Kier molecular flexibility index (Phi) is 7.44. The summed E-state index contributed by atoms with van der Waals surface area (Å²) in [5.74, 6) is -0.457. The summed E-state index contributed by atoms with van der Waals surface area (Å²) in [5.41, 5.74) is 4.44. The van der Waals surface area contributed by atoms with Crippen LogP contribution in [0, 0.1) is 0 Å². The number of rotatable bonds is 6. The lowest BCUT2D eigenvalue weighted by Gasteiger charge is -2.13. The number of carbonyl (C=O) groups excluding carboxylic acids is 3. The van der Waals surface area contributed by atoms with E-state index in [4.69, 9.17) is 13.6 Å². The van der Waals surface area contributed by atoms with Crippen molar-refractivity contribution in [1.29, 1.82) is 0 Å². The third-order valence-corrected chi connectivity index (χ3v) is 8.10. The number of esters is 1. The van der Waals surface area contributed by atoms with Crippen LogP contribution < -0.4 is 0 Å². The van der Waals surface area contributed by atoms with E-state index in [1.807, 2.05) is 24.3 Å². The molecule has 0 spiro atoms. The first-order valence-electron chi connectivity index (χ1n) is 14.6. The van der Waals surface area contributed by atoms with Gasteiger partial charge in [0.1, 0.15) is 33.8 Å². The number of hydrogen-bond acceptors (Lipinski definition) is 9. The zero-order valence-electron chi connectivity index (χ0n) is 25.0. The number of carboxylic acids is 1. The van der Waals surface area contributed by atoms with E-state index in [1.54, 1.807) is 64.9 Å². The highest BCUT2D eigenvalue weighted by molar-refractivity contribution is 6.03. The van der Waals surface area contributed by atoms with Crippen molar-refractivity contribution in [3.8, 4) is 0 Å². The zero-order chi connectivity index (χ0) is 32.7. The lowest BCUT2D eigenvalue weighted by Crippen LogP contribution is -2.22. The van der Waals surface area contributed by atoms with Gasteiger partial charge in [0.2, 0.25) is 0 Å². The molecule has 12 nitrogen and oxygen atoms in total. The summed E-state index contributed by atoms with van der Waals surface area (Å²) in [4.78, 5) is 59.1. The van der Waals surface area contributed by atoms with Crippen LogP contribution in [0.5, 0.6) is 0 Å². The molecule has 2 aromatic carbocycles. The van der Waals surface area contributed by atoms with Crippen LogP contribution in [0.1, 0.15) is 64.1 Å². The number of pyridine rings is 2. The molecule has 47 heavy (non-hydrogen) atoms. The van der Waals surface area contributed by atoms with E-state index in [0.29, 0.717) is 70.9 Å². The van der Waals surface area contributed by atoms with Crippen LogP contribution in [0.4, 0.5) is 0 Å². The fourth-order valence-corrected chi connectivity index (χ4v) is 5.86. The molecule has 8 rings (SSSR count). The Morgan fingerprint density at radius 2 is 1.26 bits per heavy atom. The second-order valence-corrected chi connectivity index (χ2v) is 11.1. The number of fused-ring (bicyclic) bond motifs is 4. The summed E-state index contributed by atoms with van der Waals surface area (Å²) in [6, 6.07) is 17.6. The first-order valence-corrected chi connectivity index (χ1v) is 14.6. The molecule has 6 aromatic rings. The highest BCUT2D eigenvalue weighted by atomic mass is 16.5. The molecule has 4 aromatic heterocycles. The number of carbonyl (C=O) groups is 4. The number of methoxy groups -OCH3 is 1. The van der Waals surface area contributed by atoms with Crippen molar-refractivity contribution in [1.82, 2.24) is 19.8 Å². The molecule has 234 valence electrons. The van der Waals surface area contributed by atoms with E-state index in [-0.39, 0.29) is 17.4 Å². The SMILES string of the molecule is COC(=O)c1cccc2cc(CN3Cc4ccncc4C3=O)oc12.O=C(O)c1cccc2cc(CN3Cc4ccncc4C3=O)oc12. The first kappa shape index (κ1) is 29.4. The standard InChI is InChI=1S/C18H14N2O4.C17H12N2O4/c1-23-18(22)14-4-2-3-11-7-13(24-16(11)14)10-20-9-12-5-6-19-8-15(12)17(20)21;20-16-14-7-18-5-4-11(14)8-19(16)9-12-6-10-2-1-3-13(17(21)22)15(10)23-12/h2-8H,9-10H2,1H3;1-7H,8-9H2,(H,21,22). The summed E-state index contributed by atoms with van der Waals surface area (Å²) >= 11 is 0. The van der Waals surface area contributed by atoms with Crippen molar-refractivity contribution in [2.75, 3.05) is 7.11 Å². The zero-order valence-corrected chi connectivity index (χ0v) is 25.0. The number of furan rings is 2. The maximum Gasteiger partial charge on any atom is 0.341 e. The van der Waals surface area contributed by atoms with Gasteiger partial charge in [0.25, 0.3) is 11.8 Å². The highest BCUT2D eigenvalue weighted by Crippen LogP contribution is 2.29. The van der Waals surface area contributed by atoms with Crippen LogP contribution in [-0.2, 0) is 30.9 Å². The summed E-state index contributed by atoms with van der Waals surface area (Å²) in [6.45, 7) is 1.65. The fraction of sp³-hybridized carbons (Fsp3) is 0.143. The number of benzene rings is 2. The maximum atomic E-state index is 12.4. The molecule has 0 radical (unpaired) electrons. The van der Waals surface area contributed by atoms with Crippen LogP contribution in [0.25, 0.3) is 21.9 Å². The predicted octanol–water partition coefficient (Wildman–Crippen LogP) is 5.45. The van der Waals surface area contributed by atoms with Crippen LogP contribution >= 0.6 is 0 Å². The third kappa shape index (κ3) is 5.46. The lowest BCUT2D eigenvalue weighted by atomic mass is 10.1. The summed E-state index contributed by atoms with van der Waals surface area (Å²) in [6.07, 6.45) is 6.50. The Balaban J connectivity index is 0.000000150. The third-order valence-electron chi connectivity index (χ3n) is 8.10. The van der Waals surface area contributed by atoms with Gasteiger partial charge >= 0.3 is 11.9 Å². The molecule has 0 aliphatic carbocycles. The van der Waals surface area contributed by atoms with Crippen LogP contribution in [0.15, 0.2) is 94.3 Å². The largest absolute Gasteiger partial charge is 0.478 e. The van der Waals surface area contributed by atoms with Crippen LogP contribution in [-0.4, -0.2) is 55.7 Å². The number of nitrogens with zero attached hydrogens (tertiary/aromatic N) is 4. The predicted molar refractivity (Wildman–Crippen MR) is 166 cm³/mol. The minimum atomic E-state index is -1.03. The van der Waals surface area contributed by atoms with Crippen molar-refractivity contribution in [2.45, 2.75) is 26.2 Å². The van der Waals surface area contributed by atoms with Gasteiger partial charge in [0.05, 0.1) is 31.3 Å². The molecule has 2 amide bonds. The van der Waals surface area contributed by atoms with E-state index in [1.165, 1.54) is 13.2 Å². The molecule has 12 heteroatoms. The number of carboxylic acid groups (broad SMARTS) is 1. The molecule has 0 saturated heterocycles. The highest BCUT2D eigenvalue weighted by Gasteiger charge is 2.29. The molecule has 0 saturated carbocycles. The summed E-state index contributed by atoms with van der Waals surface area (Å²) in [7, 11) is 1.33. The Hall–Kier alpha value is -6.30. The molecule has 2 aliphatic heterocycles. The number of aromatic carboxylic acids is 1. The topological polar surface area (TPSA) is 156 Å². The average Bonchev–Trinajstić information content (AvgIpc) is 3.84. The van der Waals surface area contributed by atoms with E-state index >= 15 is 0 Å². The van der Waals surface area contributed by atoms with Gasteiger partial charge in [-0.1, -0.05) is 24.3 Å². The Morgan fingerprint density at radius 3 is 1.72 bits per heavy atom. The molecule has 0 bridgehead atoms. The fourth-order valence-electron chi connectivity index (χ4n) is 5.86. The monoisotopic (exact) mass is 630 g/mol. The number of aromatic nitrogens is 2. The number of amides is 2. The number of ether oxygens (including phenoxy) is 1. The molecular weight excluding hydrogens is 604 g/mol. The van der Waals surface area contributed by atoms with Gasteiger partial charge in [0, 0.05) is 48.6 Å². The van der Waals surface area contributed by atoms with Crippen LogP contribution in [0.2, 0.25) is 0 Å². The van der Waals surface area contributed by atoms with Gasteiger partial charge in [-0.15, -0.1) is 0 Å². The second-order valence-electron chi connectivity index (χ2n) is 11.1. The molecular formula is C35H26N4O8. The molecule has 2 aliphatic rings. The summed E-state index contributed by atoms with van der Waals surface area (Å²) < 4.78 is 16.3. The lowest BCUT2D eigenvalue weighted by molar-refractivity contribution is 0.0599. The minimum absolute atomic E-state index is 0.0632. The molecule has 1 N–H and O–H groups in total. The van der Waals surface area contributed by atoms with E-state index in [2.05, 4.69) is 9.97 Å². The van der Waals surface area contributed by atoms with Crippen molar-refractivity contribution in [3.05, 3.63) is 130 Å². The second kappa shape index (κ2) is 11.9.